The molecule has 0 N–H and O–H groups in total. The van der Waals surface area contributed by atoms with E-state index in [-0.39, 0.29) is 5.41 Å². The van der Waals surface area contributed by atoms with Gasteiger partial charge in [-0.15, -0.1) is 0 Å². The van der Waals surface area contributed by atoms with Crippen molar-refractivity contribution in [2.24, 2.45) is 0 Å². The lowest BCUT2D eigenvalue weighted by molar-refractivity contribution is -0.133. The molecule has 0 aliphatic rings. The molecule has 0 aliphatic heterocycles. The monoisotopic (exact) mass is 157 g/mol. The summed E-state index contributed by atoms with van der Waals surface area (Å²) in [4.78, 5) is 21.0. The van der Waals surface area contributed by atoms with Crippen LogP contribution in [-0.4, -0.2) is 20.4 Å². The molecule has 0 saturated heterocycles. The van der Waals surface area contributed by atoms with Gasteiger partial charge in [0.05, 0.1) is 0 Å². The van der Waals surface area contributed by atoms with E-state index in [1.54, 1.807) is 6.55 Å². The lowest BCUT2D eigenvalue weighted by atomic mass is 10.7. The van der Waals surface area contributed by atoms with Gasteiger partial charge in [-0.05, 0) is 12.6 Å². The van der Waals surface area contributed by atoms with Gasteiger partial charge in [-0.2, -0.15) is 0 Å². The van der Waals surface area contributed by atoms with Gasteiger partial charge in [-0.25, -0.2) is 0 Å². The predicted octanol–water partition coefficient (Wildman–Crippen LogP) is 0.465. The zero-order chi connectivity index (χ0) is 8.15. The molecule has 0 saturated carbocycles. The van der Waals surface area contributed by atoms with Gasteiger partial charge in [0.2, 0.25) is 0 Å². The van der Waals surface area contributed by atoms with Crippen molar-refractivity contribution in [3.8, 4) is 0 Å². The van der Waals surface area contributed by atoms with Crippen molar-refractivity contribution in [2.45, 2.75) is 13.5 Å². The number of allylic oxidation sites excluding steroid dienone is 1. The highest BCUT2D eigenvalue weighted by Crippen LogP contribution is 1.88. The minimum Gasteiger partial charge on any atom is -0.510 e. The molecular formula is C6H9O3Si. The Morgan fingerprint density at radius 3 is 2.40 bits per heavy atom. The third kappa shape index (κ3) is 3.19. The van der Waals surface area contributed by atoms with Crippen LogP contribution in [0, 0.1) is 0 Å². The Morgan fingerprint density at radius 1 is 1.60 bits per heavy atom. The fourth-order valence-electron chi connectivity index (χ4n) is 0.410. The van der Waals surface area contributed by atoms with Gasteiger partial charge in [0.15, 0.2) is 5.41 Å². The lowest BCUT2D eigenvalue weighted by Gasteiger charge is -2.03. The SMILES string of the molecule is C=CC(=O)[Si](C)OC(C)=O. The molecule has 0 aliphatic carbocycles. The third-order valence-electron chi connectivity index (χ3n) is 0.829. The standard InChI is InChI=1S/C6H9O3Si/c1-4-6(8)10(3)9-5(2)7/h4H,1H2,2-3H3. The highest BCUT2D eigenvalue weighted by Gasteiger charge is 2.16. The molecule has 10 heavy (non-hydrogen) atoms. The highest BCUT2D eigenvalue weighted by atomic mass is 28.3. The molecule has 0 unspecified atom stereocenters. The van der Waals surface area contributed by atoms with E-state index < -0.39 is 15.0 Å². The van der Waals surface area contributed by atoms with Crippen LogP contribution in [0.25, 0.3) is 0 Å². The van der Waals surface area contributed by atoms with Crippen molar-refractivity contribution in [1.82, 2.24) is 0 Å². The molecule has 0 heterocycles. The molecule has 0 aromatic rings. The fraction of sp³-hybridized carbons (Fsp3) is 0.333. The van der Waals surface area contributed by atoms with Crippen molar-refractivity contribution in [2.75, 3.05) is 0 Å². The maximum atomic E-state index is 10.7. The zero-order valence-electron chi connectivity index (χ0n) is 6.01. The van der Waals surface area contributed by atoms with Gasteiger partial charge in [0.1, 0.15) is 0 Å². The number of carbonyl (C=O) groups excluding carboxylic acids is 2. The van der Waals surface area contributed by atoms with Crippen molar-refractivity contribution in [3.63, 3.8) is 0 Å². The highest BCUT2D eigenvalue weighted by molar-refractivity contribution is 6.87. The van der Waals surface area contributed by atoms with E-state index in [1.165, 1.54) is 13.0 Å². The topological polar surface area (TPSA) is 43.4 Å². The van der Waals surface area contributed by atoms with Crippen LogP contribution >= 0.6 is 0 Å². The van der Waals surface area contributed by atoms with Crippen LogP contribution < -0.4 is 0 Å². The summed E-state index contributed by atoms with van der Waals surface area (Å²) in [6.07, 6.45) is 1.18. The van der Waals surface area contributed by atoms with E-state index in [0.717, 1.165) is 0 Å². The van der Waals surface area contributed by atoms with Crippen LogP contribution in [0.1, 0.15) is 6.92 Å². The molecule has 0 bridgehead atoms. The normalized spacial score (nSPS) is 9.10. The predicted molar refractivity (Wildman–Crippen MR) is 38.6 cm³/mol. The van der Waals surface area contributed by atoms with Crippen molar-refractivity contribution in [1.29, 1.82) is 0 Å². The van der Waals surface area contributed by atoms with E-state index in [0.29, 0.717) is 0 Å². The summed E-state index contributed by atoms with van der Waals surface area (Å²) in [5, 5.41) is -0.180. The number of rotatable bonds is 3. The van der Waals surface area contributed by atoms with Crippen LogP contribution in [-0.2, 0) is 14.0 Å². The van der Waals surface area contributed by atoms with E-state index in [1.807, 2.05) is 0 Å². The smallest absolute Gasteiger partial charge is 0.362 e. The minimum absolute atomic E-state index is 0.180. The number of hydrogen-bond donors (Lipinski definition) is 0. The summed E-state index contributed by atoms with van der Waals surface area (Å²) in [6.45, 7) is 6.16. The lowest BCUT2D eigenvalue weighted by Crippen LogP contribution is -2.26. The minimum atomic E-state index is -1.62. The van der Waals surface area contributed by atoms with Crippen LogP contribution in [0.15, 0.2) is 12.7 Å². The Kier molecular flexibility index (Phi) is 3.64. The van der Waals surface area contributed by atoms with Gasteiger partial charge in [-0.3, -0.25) is 9.59 Å². The summed E-state index contributed by atoms with van der Waals surface area (Å²) in [6, 6.07) is 0. The number of hydrogen-bond acceptors (Lipinski definition) is 3. The quantitative estimate of drug-likeness (QED) is 0.441. The molecule has 0 fully saturated rings. The third-order valence-corrected chi connectivity index (χ3v) is 2.32. The summed E-state index contributed by atoms with van der Waals surface area (Å²) in [5.41, 5.74) is 0. The summed E-state index contributed by atoms with van der Waals surface area (Å²) >= 11 is 0. The first kappa shape index (κ1) is 9.10. The second kappa shape index (κ2) is 4.00. The molecule has 0 rings (SSSR count). The van der Waals surface area contributed by atoms with Crippen LogP contribution in [0.2, 0.25) is 6.55 Å². The first-order chi connectivity index (χ1) is 4.57. The summed E-state index contributed by atoms with van der Waals surface area (Å²) < 4.78 is 4.64. The van der Waals surface area contributed by atoms with Crippen molar-refractivity contribution < 1.29 is 14.0 Å². The largest absolute Gasteiger partial charge is 0.510 e. The Hall–Kier alpha value is -0.903. The Labute approximate surface area is 61.4 Å². The average molecular weight is 157 g/mol. The number of carbonyl (C=O) groups is 2. The van der Waals surface area contributed by atoms with Gasteiger partial charge >= 0.3 is 9.04 Å². The van der Waals surface area contributed by atoms with Crippen LogP contribution in [0.4, 0.5) is 0 Å². The van der Waals surface area contributed by atoms with Gasteiger partial charge in [-0.1, -0.05) is 6.58 Å². The first-order valence-electron chi connectivity index (χ1n) is 2.76. The Morgan fingerprint density at radius 2 is 2.10 bits per heavy atom. The van der Waals surface area contributed by atoms with E-state index in [2.05, 4.69) is 11.0 Å². The summed E-state index contributed by atoms with van der Waals surface area (Å²) in [7, 11) is -1.62. The first-order valence-corrected chi connectivity index (χ1v) is 4.67. The molecule has 0 spiro atoms. The van der Waals surface area contributed by atoms with Gasteiger partial charge in [0, 0.05) is 6.92 Å². The molecular weight excluding hydrogens is 148 g/mol. The molecule has 1 radical (unpaired) electrons. The molecule has 0 amide bonds. The van der Waals surface area contributed by atoms with E-state index in [4.69, 9.17) is 0 Å². The maximum Gasteiger partial charge on any atom is 0.362 e. The van der Waals surface area contributed by atoms with Crippen LogP contribution in [0.3, 0.4) is 0 Å². The molecule has 0 aromatic heterocycles. The van der Waals surface area contributed by atoms with E-state index in [9.17, 15) is 9.59 Å². The second-order valence-corrected chi connectivity index (χ2v) is 3.53. The average Bonchev–Trinajstić information content (AvgIpc) is 1.85. The van der Waals surface area contributed by atoms with Crippen molar-refractivity contribution >= 4 is 20.4 Å². The molecule has 55 valence electrons. The van der Waals surface area contributed by atoms with Gasteiger partial charge < -0.3 is 4.43 Å². The second-order valence-electron chi connectivity index (χ2n) is 1.72. The summed E-state index contributed by atoms with van der Waals surface area (Å²) in [5.74, 6) is -0.411. The van der Waals surface area contributed by atoms with E-state index >= 15 is 0 Å². The molecule has 4 heteroatoms. The maximum absolute atomic E-state index is 10.7. The Bertz CT molecular complexity index is 164. The molecule has 0 atom stereocenters. The van der Waals surface area contributed by atoms with Crippen molar-refractivity contribution in [3.05, 3.63) is 12.7 Å². The zero-order valence-corrected chi connectivity index (χ0v) is 7.01. The van der Waals surface area contributed by atoms with Gasteiger partial charge in [0.25, 0.3) is 5.97 Å². The fourth-order valence-corrected chi connectivity index (χ4v) is 1.23. The Balaban J connectivity index is 3.84. The van der Waals surface area contributed by atoms with Crippen LogP contribution in [0.5, 0.6) is 0 Å². The molecule has 0 aromatic carbocycles. The molecule has 3 nitrogen and oxygen atoms in total.